The van der Waals surface area contributed by atoms with Crippen LogP contribution >= 0.6 is 36.2 Å². The third-order valence-corrected chi connectivity index (χ3v) is 3.00. The molecule has 0 aliphatic heterocycles. The van der Waals surface area contributed by atoms with Crippen LogP contribution in [0.1, 0.15) is 16.8 Å². The molecule has 0 aromatic carbocycles. The number of nitrogens with zero attached hydrogens (tertiary/aromatic N) is 1. The van der Waals surface area contributed by atoms with Crippen LogP contribution in [0.2, 0.25) is 0 Å². The van der Waals surface area contributed by atoms with Gasteiger partial charge in [0.15, 0.2) is 0 Å². The van der Waals surface area contributed by atoms with Crippen LogP contribution in [0.3, 0.4) is 0 Å². The fourth-order valence-corrected chi connectivity index (χ4v) is 1.87. The van der Waals surface area contributed by atoms with E-state index in [2.05, 4.69) is 17.2 Å². The molecule has 4 nitrogen and oxygen atoms in total. The molecule has 0 spiro atoms. The lowest BCUT2D eigenvalue weighted by Crippen LogP contribution is -2.31. The van der Waals surface area contributed by atoms with E-state index in [-0.39, 0.29) is 37.3 Å². The van der Waals surface area contributed by atoms with Crippen molar-refractivity contribution in [2.24, 2.45) is 5.73 Å². The molecule has 0 aliphatic carbocycles. The molecule has 0 aliphatic rings. The summed E-state index contributed by atoms with van der Waals surface area (Å²) in [4.78, 5) is 16.3. The zero-order chi connectivity index (χ0) is 10.4. The van der Waals surface area contributed by atoms with Gasteiger partial charge in [-0.1, -0.05) is 6.92 Å². The van der Waals surface area contributed by atoms with Gasteiger partial charge < -0.3 is 11.1 Å². The molecular weight excluding hydrogens is 269 g/mol. The monoisotopic (exact) mass is 285 g/mol. The minimum atomic E-state index is -0.114. The number of hydrogen-bond donors (Lipinski definition) is 2. The number of carbonyl (C=O) groups excluding carboxylic acids is 1. The van der Waals surface area contributed by atoms with E-state index in [1.807, 2.05) is 6.20 Å². The third-order valence-electron chi connectivity index (χ3n) is 1.80. The predicted molar refractivity (Wildman–Crippen MR) is 71.8 cm³/mol. The van der Waals surface area contributed by atoms with Gasteiger partial charge in [-0.05, 0) is 6.42 Å². The Morgan fingerprint density at radius 1 is 1.56 bits per heavy atom. The minimum Gasteiger partial charge on any atom is -0.355 e. The fraction of sp³-hybridized carbons (Fsp3) is 0.556. The van der Waals surface area contributed by atoms with Gasteiger partial charge >= 0.3 is 0 Å². The van der Waals surface area contributed by atoms with Crippen molar-refractivity contribution >= 4 is 42.1 Å². The van der Waals surface area contributed by atoms with Crippen molar-refractivity contribution < 1.29 is 4.79 Å². The Kier molecular flexibility index (Phi) is 11.1. The van der Waals surface area contributed by atoms with Crippen LogP contribution in [0.15, 0.2) is 6.20 Å². The van der Waals surface area contributed by atoms with Crippen molar-refractivity contribution in [2.75, 3.05) is 13.1 Å². The number of halogens is 2. The molecule has 0 atom stereocenters. The molecular formula is C9H17Cl2N3OS. The van der Waals surface area contributed by atoms with Crippen molar-refractivity contribution in [3.05, 3.63) is 16.1 Å². The number of aromatic nitrogens is 1. The Bertz CT molecular complexity index is 307. The average Bonchev–Trinajstić information content (AvgIpc) is 2.65. The van der Waals surface area contributed by atoms with Crippen molar-refractivity contribution in [3.8, 4) is 0 Å². The predicted octanol–water partition coefficient (Wildman–Crippen LogP) is 1.17. The summed E-state index contributed by atoms with van der Waals surface area (Å²) < 4.78 is 0. The standard InChI is InChI=1S/C9H15N3OS.2ClH/c1-2-7-6-12-9(14-7)3-4-11-8(13)5-10;;/h6H,2-5,10H2,1H3,(H,11,13);2*1H. The summed E-state index contributed by atoms with van der Waals surface area (Å²) in [7, 11) is 0. The number of hydrogen-bond acceptors (Lipinski definition) is 4. The van der Waals surface area contributed by atoms with E-state index >= 15 is 0 Å². The Hall–Kier alpha value is -0.360. The lowest BCUT2D eigenvalue weighted by Gasteiger charge is -2.00. The van der Waals surface area contributed by atoms with Gasteiger partial charge in [-0.3, -0.25) is 4.79 Å². The molecule has 1 aromatic rings. The first-order valence-corrected chi connectivity index (χ1v) is 5.48. The fourth-order valence-electron chi connectivity index (χ4n) is 1.01. The van der Waals surface area contributed by atoms with Crippen molar-refractivity contribution in [1.29, 1.82) is 0 Å². The largest absolute Gasteiger partial charge is 0.355 e. The van der Waals surface area contributed by atoms with Crippen LogP contribution in [-0.4, -0.2) is 24.0 Å². The Balaban J connectivity index is 0. The summed E-state index contributed by atoms with van der Waals surface area (Å²) in [6.45, 7) is 2.78. The number of amides is 1. The normalized spacial score (nSPS) is 8.88. The van der Waals surface area contributed by atoms with Crippen LogP contribution in [-0.2, 0) is 17.6 Å². The second kappa shape index (κ2) is 9.84. The van der Waals surface area contributed by atoms with Crippen LogP contribution in [0, 0.1) is 0 Å². The Labute approximate surface area is 112 Å². The second-order valence-electron chi connectivity index (χ2n) is 2.88. The molecule has 1 aromatic heterocycles. The highest BCUT2D eigenvalue weighted by molar-refractivity contribution is 7.11. The van der Waals surface area contributed by atoms with Gasteiger partial charge in [0.25, 0.3) is 0 Å². The van der Waals surface area contributed by atoms with Crippen molar-refractivity contribution in [2.45, 2.75) is 19.8 Å². The van der Waals surface area contributed by atoms with E-state index in [1.54, 1.807) is 11.3 Å². The van der Waals surface area contributed by atoms with Crippen LogP contribution in [0.5, 0.6) is 0 Å². The maximum atomic E-state index is 10.8. The van der Waals surface area contributed by atoms with Gasteiger partial charge in [0.1, 0.15) is 0 Å². The Morgan fingerprint density at radius 3 is 2.75 bits per heavy atom. The second-order valence-corrected chi connectivity index (χ2v) is 4.08. The van der Waals surface area contributed by atoms with E-state index in [9.17, 15) is 4.79 Å². The highest BCUT2D eigenvalue weighted by Gasteiger charge is 2.01. The highest BCUT2D eigenvalue weighted by atomic mass is 35.5. The van der Waals surface area contributed by atoms with Gasteiger partial charge in [-0.15, -0.1) is 36.2 Å². The maximum absolute atomic E-state index is 10.8. The molecule has 16 heavy (non-hydrogen) atoms. The van der Waals surface area contributed by atoms with Gasteiger partial charge in [0.05, 0.1) is 11.6 Å². The molecule has 94 valence electrons. The van der Waals surface area contributed by atoms with Crippen LogP contribution < -0.4 is 11.1 Å². The number of carbonyl (C=O) groups is 1. The summed E-state index contributed by atoms with van der Waals surface area (Å²) in [5.74, 6) is -0.114. The SMILES string of the molecule is CCc1cnc(CCNC(=O)CN)s1.Cl.Cl. The lowest BCUT2D eigenvalue weighted by molar-refractivity contribution is -0.119. The quantitative estimate of drug-likeness (QED) is 0.853. The molecule has 0 saturated heterocycles. The molecule has 1 rings (SSSR count). The average molecular weight is 286 g/mol. The smallest absolute Gasteiger partial charge is 0.233 e. The molecule has 0 radical (unpaired) electrons. The van der Waals surface area contributed by atoms with Crippen LogP contribution in [0.25, 0.3) is 0 Å². The summed E-state index contributed by atoms with van der Waals surface area (Å²) in [5, 5.41) is 3.78. The topological polar surface area (TPSA) is 68.0 Å². The van der Waals surface area contributed by atoms with Crippen LogP contribution in [0.4, 0.5) is 0 Å². The molecule has 0 unspecified atom stereocenters. The number of thiazole rings is 1. The molecule has 1 amide bonds. The molecule has 0 saturated carbocycles. The molecule has 1 heterocycles. The number of rotatable bonds is 5. The first-order valence-electron chi connectivity index (χ1n) is 4.66. The number of nitrogens with one attached hydrogen (secondary N) is 1. The first kappa shape index (κ1) is 18.0. The van der Waals surface area contributed by atoms with E-state index < -0.39 is 0 Å². The molecule has 7 heteroatoms. The number of nitrogens with two attached hydrogens (primary N) is 1. The van der Waals surface area contributed by atoms with Crippen molar-refractivity contribution in [3.63, 3.8) is 0 Å². The molecule has 0 bridgehead atoms. The minimum absolute atomic E-state index is 0. The highest BCUT2D eigenvalue weighted by Crippen LogP contribution is 2.13. The van der Waals surface area contributed by atoms with E-state index in [1.165, 1.54) is 4.88 Å². The maximum Gasteiger partial charge on any atom is 0.233 e. The zero-order valence-electron chi connectivity index (χ0n) is 9.06. The number of aryl methyl sites for hydroxylation is 1. The van der Waals surface area contributed by atoms with Gasteiger partial charge in [0, 0.05) is 24.0 Å². The third kappa shape index (κ3) is 6.27. The van der Waals surface area contributed by atoms with Gasteiger partial charge in [-0.25, -0.2) is 4.98 Å². The van der Waals surface area contributed by atoms with Crippen molar-refractivity contribution in [1.82, 2.24) is 10.3 Å². The van der Waals surface area contributed by atoms with E-state index in [4.69, 9.17) is 5.73 Å². The zero-order valence-corrected chi connectivity index (χ0v) is 11.5. The van der Waals surface area contributed by atoms with E-state index in [0.717, 1.165) is 17.8 Å². The summed E-state index contributed by atoms with van der Waals surface area (Å²) in [6, 6.07) is 0. The Morgan fingerprint density at radius 2 is 2.25 bits per heavy atom. The first-order chi connectivity index (χ1) is 6.76. The lowest BCUT2D eigenvalue weighted by atomic mass is 10.4. The van der Waals surface area contributed by atoms with Gasteiger partial charge in [-0.2, -0.15) is 0 Å². The summed E-state index contributed by atoms with van der Waals surface area (Å²) in [5.41, 5.74) is 5.15. The molecule has 0 fully saturated rings. The molecule has 3 N–H and O–H groups in total. The van der Waals surface area contributed by atoms with E-state index in [0.29, 0.717) is 6.54 Å². The summed E-state index contributed by atoms with van der Waals surface area (Å²) >= 11 is 1.70. The summed E-state index contributed by atoms with van der Waals surface area (Å²) in [6.07, 6.45) is 3.70. The van der Waals surface area contributed by atoms with Gasteiger partial charge in [0.2, 0.25) is 5.91 Å².